The number of fused-ring (bicyclic) bond motifs is 1. The van der Waals surface area contributed by atoms with Crippen LogP contribution in [0.1, 0.15) is 24.4 Å². The van der Waals surface area contributed by atoms with Crippen molar-refractivity contribution in [2.45, 2.75) is 19.9 Å². The van der Waals surface area contributed by atoms with Gasteiger partial charge >= 0.3 is 0 Å². The van der Waals surface area contributed by atoms with E-state index in [0.717, 1.165) is 5.39 Å². The van der Waals surface area contributed by atoms with Crippen molar-refractivity contribution in [3.63, 3.8) is 0 Å². The van der Waals surface area contributed by atoms with Crippen LogP contribution in [0.5, 0.6) is 0 Å². The minimum absolute atomic E-state index is 0.0797. The molecule has 4 heteroatoms. The molecule has 0 spiro atoms. The molecule has 0 aliphatic heterocycles. The highest BCUT2D eigenvalue weighted by Crippen LogP contribution is 2.18. The van der Waals surface area contributed by atoms with Gasteiger partial charge in [-0.2, -0.15) is 0 Å². The third-order valence-corrected chi connectivity index (χ3v) is 2.97. The van der Waals surface area contributed by atoms with Crippen molar-refractivity contribution in [2.75, 3.05) is 6.61 Å². The predicted molar refractivity (Wildman–Crippen MR) is 69.4 cm³/mol. The van der Waals surface area contributed by atoms with Gasteiger partial charge in [0.15, 0.2) is 5.76 Å². The molecule has 2 rings (SSSR count). The lowest BCUT2D eigenvalue weighted by Gasteiger charge is -2.18. The average Bonchev–Trinajstić information content (AvgIpc) is 2.79. The molecule has 0 bridgehead atoms. The fourth-order valence-corrected chi connectivity index (χ4v) is 1.76. The van der Waals surface area contributed by atoms with Gasteiger partial charge in [0.2, 0.25) is 0 Å². The van der Waals surface area contributed by atoms with E-state index in [1.54, 1.807) is 6.07 Å². The number of carbonyl (C=O) groups is 1. The van der Waals surface area contributed by atoms with Gasteiger partial charge in [-0.05, 0) is 18.1 Å². The summed E-state index contributed by atoms with van der Waals surface area (Å²) in [5.41, 5.74) is 0.688. The summed E-state index contributed by atoms with van der Waals surface area (Å²) in [7, 11) is 0. The van der Waals surface area contributed by atoms with E-state index in [-0.39, 0.29) is 30.2 Å². The summed E-state index contributed by atoms with van der Waals surface area (Å²) < 4.78 is 5.46. The summed E-state index contributed by atoms with van der Waals surface area (Å²) in [5, 5.41) is 12.8. The second-order valence-corrected chi connectivity index (χ2v) is 4.66. The lowest BCUT2D eigenvalue weighted by Crippen LogP contribution is -2.40. The smallest absolute Gasteiger partial charge is 0.287 e. The van der Waals surface area contributed by atoms with E-state index in [9.17, 15) is 9.90 Å². The molecule has 96 valence electrons. The Bertz CT molecular complexity index is 512. The normalized spacial score (nSPS) is 12.9. The second kappa shape index (κ2) is 5.23. The number of furan rings is 1. The lowest BCUT2D eigenvalue weighted by molar-refractivity contribution is 0.0871. The maximum absolute atomic E-state index is 12.0. The Morgan fingerprint density at radius 3 is 2.72 bits per heavy atom. The van der Waals surface area contributed by atoms with Crippen LogP contribution in [0.15, 0.2) is 34.7 Å². The summed E-state index contributed by atoms with van der Waals surface area (Å²) in [4.78, 5) is 12.0. The van der Waals surface area contributed by atoms with Crippen LogP contribution in [0.2, 0.25) is 0 Å². The minimum atomic E-state index is -0.293. The molecule has 0 aliphatic carbocycles. The zero-order chi connectivity index (χ0) is 13.1. The Kier molecular flexibility index (Phi) is 3.67. The van der Waals surface area contributed by atoms with E-state index >= 15 is 0 Å². The summed E-state index contributed by atoms with van der Waals surface area (Å²) >= 11 is 0. The molecule has 1 aromatic heterocycles. The van der Waals surface area contributed by atoms with E-state index in [0.29, 0.717) is 5.58 Å². The van der Waals surface area contributed by atoms with Crippen molar-refractivity contribution in [1.29, 1.82) is 0 Å². The van der Waals surface area contributed by atoms with Gasteiger partial charge in [-0.3, -0.25) is 4.79 Å². The van der Waals surface area contributed by atoms with Gasteiger partial charge < -0.3 is 14.8 Å². The predicted octanol–water partition coefficient (Wildman–Crippen LogP) is 2.18. The monoisotopic (exact) mass is 247 g/mol. The Balaban J connectivity index is 2.18. The fourth-order valence-electron chi connectivity index (χ4n) is 1.76. The number of benzene rings is 1. The van der Waals surface area contributed by atoms with Crippen LogP contribution >= 0.6 is 0 Å². The third-order valence-electron chi connectivity index (χ3n) is 2.97. The third kappa shape index (κ3) is 2.54. The van der Waals surface area contributed by atoms with Crippen molar-refractivity contribution < 1.29 is 14.3 Å². The number of hydrogen-bond donors (Lipinski definition) is 2. The zero-order valence-corrected chi connectivity index (χ0v) is 10.5. The second-order valence-electron chi connectivity index (χ2n) is 4.66. The van der Waals surface area contributed by atoms with E-state index in [1.165, 1.54) is 0 Å². The molecule has 0 radical (unpaired) electrons. The molecule has 0 aliphatic rings. The van der Waals surface area contributed by atoms with E-state index < -0.39 is 0 Å². The van der Waals surface area contributed by atoms with Crippen molar-refractivity contribution in [2.24, 2.45) is 5.92 Å². The van der Waals surface area contributed by atoms with Crippen LogP contribution in [-0.4, -0.2) is 23.7 Å². The summed E-state index contributed by atoms with van der Waals surface area (Å²) in [6.45, 7) is 3.81. The Morgan fingerprint density at radius 2 is 2.11 bits per heavy atom. The molecule has 2 aromatic rings. The van der Waals surface area contributed by atoms with Gasteiger partial charge in [0.05, 0.1) is 12.6 Å². The Hall–Kier alpha value is -1.81. The molecular weight excluding hydrogens is 230 g/mol. The van der Waals surface area contributed by atoms with Gasteiger partial charge in [0.1, 0.15) is 5.58 Å². The summed E-state index contributed by atoms with van der Waals surface area (Å²) in [6, 6.07) is 8.91. The van der Waals surface area contributed by atoms with E-state index in [4.69, 9.17) is 4.42 Å². The van der Waals surface area contributed by atoms with Gasteiger partial charge in [-0.25, -0.2) is 0 Å². The number of amides is 1. The van der Waals surface area contributed by atoms with E-state index in [1.807, 2.05) is 38.1 Å². The Morgan fingerprint density at radius 1 is 1.39 bits per heavy atom. The molecule has 1 aromatic carbocycles. The van der Waals surface area contributed by atoms with Crippen LogP contribution in [-0.2, 0) is 0 Å². The van der Waals surface area contributed by atoms with E-state index in [2.05, 4.69) is 5.32 Å². The van der Waals surface area contributed by atoms with Crippen LogP contribution in [0.25, 0.3) is 11.0 Å². The van der Waals surface area contributed by atoms with Gasteiger partial charge in [0.25, 0.3) is 5.91 Å². The highest BCUT2D eigenvalue weighted by atomic mass is 16.3. The molecule has 1 unspecified atom stereocenters. The molecule has 1 heterocycles. The van der Waals surface area contributed by atoms with Crippen LogP contribution < -0.4 is 5.32 Å². The maximum atomic E-state index is 12.0. The van der Waals surface area contributed by atoms with Crippen LogP contribution in [0.3, 0.4) is 0 Å². The largest absolute Gasteiger partial charge is 0.451 e. The highest BCUT2D eigenvalue weighted by molar-refractivity contribution is 5.96. The molecule has 1 amide bonds. The molecule has 0 saturated heterocycles. The van der Waals surface area contributed by atoms with Crippen molar-refractivity contribution in [1.82, 2.24) is 5.32 Å². The number of para-hydroxylation sites is 1. The topological polar surface area (TPSA) is 62.5 Å². The zero-order valence-electron chi connectivity index (χ0n) is 10.5. The minimum Gasteiger partial charge on any atom is -0.451 e. The standard InChI is InChI=1S/C14H17NO3/c1-9(2)11(8-16)15-14(17)13-7-10-5-3-4-6-12(10)18-13/h3-7,9,11,16H,8H2,1-2H3,(H,15,17). The van der Waals surface area contributed by atoms with Crippen LogP contribution in [0.4, 0.5) is 0 Å². The number of nitrogens with one attached hydrogen (secondary N) is 1. The molecule has 0 saturated carbocycles. The number of aliphatic hydroxyl groups excluding tert-OH is 1. The first-order chi connectivity index (χ1) is 8.61. The summed E-state index contributed by atoms with van der Waals surface area (Å²) in [5.74, 6) is 0.151. The quantitative estimate of drug-likeness (QED) is 0.870. The number of hydrogen-bond acceptors (Lipinski definition) is 3. The fraction of sp³-hybridized carbons (Fsp3) is 0.357. The lowest BCUT2D eigenvalue weighted by atomic mass is 10.1. The van der Waals surface area contributed by atoms with Crippen LogP contribution in [0, 0.1) is 5.92 Å². The van der Waals surface area contributed by atoms with Gasteiger partial charge in [0, 0.05) is 5.39 Å². The average molecular weight is 247 g/mol. The molecule has 18 heavy (non-hydrogen) atoms. The molecule has 1 atom stereocenters. The Labute approximate surface area is 106 Å². The molecule has 2 N–H and O–H groups in total. The molecule has 4 nitrogen and oxygen atoms in total. The molecule has 0 fully saturated rings. The number of carbonyl (C=O) groups excluding carboxylic acids is 1. The van der Waals surface area contributed by atoms with Crippen molar-refractivity contribution >= 4 is 16.9 Å². The highest BCUT2D eigenvalue weighted by Gasteiger charge is 2.18. The maximum Gasteiger partial charge on any atom is 0.287 e. The SMILES string of the molecule is CC(C)C(CO)NC(=O)c1cc2ccccc2o1. The molecular formula is C14H17NO3. The first kappa shape index (κ1) is 12.6. The van der Waals surface area contributed by atoms with Gasteiger partial charge in [-0.1, -0.05) is 32.0 Å². The number of rotatable bonds is 4. The first-order valence-electron chi connectivity index (χ1n) is 6.02. The first-order valence-corrected chi connectivity index (χ1v) is 6.02. The number of aliphatic hydroxyl groups is 1. The van der Waals surface area contributed by atoms with Crippen molar-refractivity contribution in [3.05, 3.63) is 36.1 Å². The van der Waals surface area contributed by atoms with Gasteiger partial charge in [-0.15, -0.1) is 0 Å². The summed E-state index contributed by atoms with van der Waals surface area (Å²) in [6.07, 6.45) is 0. The van der Waals surface area contributed by atoms with Crippen molar-refractivity contribution in [3.8, 4) is 0 Å².